The molecule has 2 aromatic carbocycles. The predicted molar refractivity (Wildman–Crippen MR) is 249 cm³/mol. The third-order valence-corrected chi connectivity index (χ3v) is 15.9. The number of amides is 4. The van der Waals surface area contributed by atoms with Gasteiger partial charge in [-0.2, -0.15) is 13.2 Å². The summed E-state index contributed by atoms with van der Waals surface area (Å²) in [6.45, 7) is 6.74. The van der Waals surface area contributed by atoms with E-state index in [-0.39, 0.29) is 24.1 Å². The summed E-state index contributed by atoms with van der Waals surface area (Å²) in [5.41, 5.74) is 6.35. The van der Waals surface area contributed by atoms with E-state index >= 15 is 0 Å². The zero-order chi connectivity index (χ0) is 45.9. The molecule has 4 aliphatic heterocycles. The lowest BCUT2D eigenvalue weighted by Crippen LogP contribution is -2.46. The predicted octanol–water partition coefficient (Wildman–Crippen LogP) is 11.8. The number of fused-ring (bicyclic) bond motifs is 10. The van der Waals surface area contributed by atoms with E-state index in [2.05, 4.69) is 93.4 Å². The maximum Gasteiger partial charge on any atom is 0.490 e. The van der Waals surface area contributed by atoms with Crippen molar-refractivity contribution < 1.29 is 32.7 Å². The lowest BCUT2D eigenvalue weighted by molar-refractivity contribution is -0.192. The molecule has 8 rings (SSSR count). The first-order valence-corrected chi connectivity index (χ1v) is 25.5. The molecule has 10 nitrogen and oxygen atoms in total. The van der Waals surface area contributed by atoms with E-state index < -0.39 is 12.1 Å². The highest BCUT2D eigenvalue weighted by Crippen LogP contribution is 2.54. The lowest BCUT2D eigenvalue weighted by atomic mass is 9.84. The van der Waals surface area contributed by atoms with Gasteiger partial charge in [0.1, 0.15) is 0 Å². The van der Waals surface area contributed by atoms with Crippen LogP contribution in [0.15, 0.2) is 48.5 Å². The Morgan fingerprint density at radius 2 is 0.862 bits per heavy atom. The molecule has 2 saturated heterocycles. The van der Waals surface area contributed by atoms with Crippen LogP contribution in [-0.2, 0) is 4.79 Å². The van der Waals surface area contributed by atoms with E-state index in [0.29, 0.717) is 36.3 Å². The number of aliphatic carboxylic acids is 1. The number of carbonyl (C=O) groups excluding carboxylic acids is 2. The SMILES string of the molecule is CC(CCCCCCCCC(C)NC(=O)NC1CCC(CCN2[C@@H]3CC[C@H]2c2ccccc23)CC1)NC(=O)NC1CCC(CCN2[C@@H]3CC[C@H]2c2ccccc23)CC1.O=C(O)C(F)(F)F. The summed E-state index contributed by atoms with van der Waals surface area (Å²) in [6, 6.07) is 21.9. The molecule has 4 amide bonds. The summed E-state index contributed by atoms with van der Waals surface area (Å²) < 4.78 is 31.7. The standard InChI is InChI=1S/C50H76N6O2.C2HF3O2/c1-35(51-49(57)53-39-23-19-37(20-24-39)31-33-55-45-27-28-46(55)42-16-10-9-15-41(42)45)13-7-5-3-4-6-8-14-36(2)52-50(58)54-40-25-21-38(22-26-40)32-34-56-47-29-30-48(56)44-18-12-11-17-43(44)47;3-2(4,5)1(6)7/h9-12,15-18,35-40,45-48H,3-8,13-14,19-34H2,1-2H3,(H2,51,53,57)(H2,52,54,58);(H,6,7)/t35?,36?,37?,38?,39?,40?,45-,46+,47-,48+;. The number of carbonyl (C=O) groups is 3. The van der Waals surface area contributed by atoms with Crippen LogP contribution >= 0.6 is 0 Å². The van der Waals surface area contributed by atoms with Crippen LogP contribution in [0.2, 0.25) is 0 Å². The van der Waals surface area contributed by atoms with Gasteiger partial charge in [0.25, 0.3) is 0 Å². The van der Waals surface area contributed by atoms with E-state index in [1.165, 1.54) is 103 Å². The first-order chi connectivity index (χ1) is 31.3. The monoisotopic (exact) mass is 907 g/mol. The number of hydrogen-bond donors (Lipinski definition) is 5. The second-order valence-electron chi connectivity index (χ2n) is 20.5. The van der Waals surface area contributed by atoms with Crippen LogP contribution in [0.4, 0.5) is 22.8 Å². The van der Waals surface area contributed by atoms with Crippen molar-refractivity contribution in [1.29, 1.82) is 0 Å². The van der Waals surface area contributed by atoms with Gasteiger partial charge in [-0.25, -0.2) is 14.4 Å². The first kappa shape index (κ1) is 49.1. The van der Waals surface area contributed by atoms with Crippen molar-refractivity contribution in [3.05, 3.63) is 70.8 Å². The summed E-state index contributed by atoms with van der Waals surface area (Å²) >= 11 is 0. The molecule has 4 fully saturated rings. The number of nitrogens with zero attached hydrogens (tertiary/aromatic N) is 2. The molecule has 6 aliphatic rings. The molecule has 0 aromatic heterocycles. The fourth-order valence-electron chi connectivity index (χ4n) is 12.4. The quantitative estimate of drug-likeness (QED) is 0.0894. The number of rotatable bonds is 19. The van der Waals surface area contributed by atoms with Crippen molar-refractivity contribution in [2.45, 2.75) is 210 Å². The Hall–Kier alpha value is -3.84. The van der Waals surface area contributed by atoms with E-state index in [4.69, 9.17) is 9.90 Å². The zero-order valence-corrected chi connectivity index (χ0v) is 39.1. The van der Waals surface area contributed by atoms with Gasteiger partial charge in [-0.05, 0) is 164 Å². The molecule has 65 heavy (non-hydrogen) atoms. The number of benzene rings is 2. The number of alkyl halides is 3. The third-order valence-electron chi connectivity index (χ3n) is 15.9. The lowest BCUT2D eigenvalue weighted by Gasteiger charge is -2.31. The van der Waals surface area contributed by atoms with Crippen molar-refractivity contribution in [2.24, 2.45) is 11.8 Å². The highest BCUT2D eigenvalue weighted by atomic mass is 19.4. The Bertz CT molecular complexity index is 1670. The number of hydrogen-bond acceptors (Lipinski definition) is 5. The summed E-state index contributed by atoms with van der Waals surface area (Å²) in [5.74, 6) is -1.17. The number of carboxylic acids is 1. The van der Waals surface area contributed by atoms with Crippen molar-refractivity contribution in [2.75, 3.05) is 13.1 Å². The van der Waals surface area contributed by atoms with E-state index in [0.717, 1.165) is 63.2 Å². The van der Waals surface area contributed by atoms with Crippen molar-refractivity contribution in [3.8, 4) is 0 Å². The highest BCUT2D eigenvalue weighted by molar-refractivity contribution is 5.75. The van der Waals surface area contributed by atoms with E-state index in [1.54, 1.807) is 22.3 Å². The molecule has 2 saturated carbocycles. The average molecular weight is 907 g/mol. The number of urea groups is 2. The fourth-order valence-corrected chi connectivity index (χ4v) is 12.4. The maximum atomic E-state index is 12.8. The van der Waals surface area contributed by atoms with Gasteiger partial charge >= 0.3 is 24.2 Å². The molecule has 0 spiro atoms. The average Bonchev–Trinajstić information content (AvgIpc) is 4.05. The Kier molecular flexibility index (Phi) is 17.6. The Labute approximate surface area is 386 Å². The minimum Gasteiger partial charge on any atom is -0.475 e. The third kappa shape index (κ3) is 13.4. The number of unbranched alkanes of at least 4 members (excludes halogenated alkanes) is 5. The van der Waals surface area contributed by atoms with Crippen molar-refractivity contribution >= 4 is 18.0 Å². The second-order valence-corrected chi connectivity index (χ2v) is 20.5. The minimum absolute atomic E-state index is 0.0212. The topological polar surface area (TPSA) is 126 Å². The molecule has 6 atom stereocenters. The second kappa shape index (κ2) is 23.3. The Balaban J connectivity index is 0.000000833. The van der Waals surface area contributed by atoms with Crippen LogP contribution in [0, 0.1) is 11.8 Å². The Morgan fingerprint density at radius 3 is 1.17 bits per heavy atom. The van der Waals surface area contributed by atoms with Gasteiger partial charge in [0, 0.05) is 48.3 Å². The van der Waals surface area contributed by atoms with Gasteiger partial charge < -0.3 is 26.4 Å². The molecule has 4 heterocycles. The summed E-state index contributed by atoms with van der Waals surface area (Å²) in [7, 11) is 0. The van der Waals surface area contributed by atoms with E-state index in [1.807, 2.05) is 0 Å². The fraction of sp³-hybridized carbons (Fsp3) is 0.712. The molecule has 0 radical (unpaired) electrons. The van der Waals surface area contributed by atoms with E-state index in [9.17, 15) is 22.8 Å². The molecule has 360 valence electrons. The maximum absolute atomic E-state index is 12.8. The molecule has 2 aromatic rings. The number of nitrogens with one attached hydrogen (secondary N) is 4. The largest absolute Gasteiger partial charge is 0.490 e. The van der Waals surface area contributed by atoms with Crippen LogP contribution in [0.5, 0.6) is 0 Å². The first-order valence-electron chi connectivity index (χ1n) is 25.5. The van der Waals surface area contributed by atoms with Gasteiger partial charge in [-0.1, -0.05) is 87.1 Å². The van der Waals surface area contributed by atoms with Crippen LogP contribution < -0.4 is 21.3 Å². The molecular formula is C52H77F3N6O4. The molecule has 5 N–H and O–H groups in total. The van der Waals surface area contributed by atoms with Gasteiger partial charge in [0.05, 0.1) is 0 Å². The molecule has 2 unspecified atom stereocenters. The van der Waals surface area contributed by atoms with Crippen molar-refractivity contribution in [1.82, 2.24) is 31.1 Å². The van der Waals surface area contributed by atoms with Crippen LogP contribution in [0.1, 0.15) is 202 Å². The molecule has 13 heteroatoms. The highest BCUT2D eigenvalue weighted by Gasteiger charge is 2.44. The summed E-state index contributed by atoms with van der Waals surface area (Å²) in [4.78, 5) is 40.0. The van der Waals surface area contributed by atoms with Gasteiger partial charge in [-0.3, -0.25) is 9.80 Å². The summed E-state index contributed by atoms with van der Waals surface area (Å²) in [6.07, 6.45) is 21.5. The van der Waals surface area contributed by atoms with Crippen LogP contribution in [0.3, 0.4) is 0 Å². The minimum atomic E-state index is -5.08. The molecule has 2 aliphatic carbocycles. The van der Waals surface area contributed by atoms with Crippen molar-refractivity contribution in [3.63, 3.8) is 0 Å². The van der Waals surface area contributed by atoms with Gasteiger partial charge in [0.15, 0.2) is 0 Å². The Morgan fingerprint density at radius 1 is 0.554 bits per heavy atom. The molecular weight excluding hydrogens is 830 g/mol. The van der Waals surface area contributed by atoms with Gasteiger partial charge in [-0.15, -0.1) is 0 Å². The van der Waals surface area contributed by atoms with Crippen LogP contribution in [-0.4, -0.2) is 76.4 Å². The summed E-state index contributed by atoms with van der Waals surface area (Å²) in [5, 5.41) is 20.2. The van der Waals surface area contributed by atoms with Gasteiger partial charge in [0.2, 0.25) is 0 Å². The zero-order valence-electron chi connectivity index (χ0n) is 39.1. The normalized spacial score (nSPS) is 27.8. The van der Waals surface area contributed by atoms with Crippen LogP contribution in [0.25, 0.3) is 0 Å². The number of carboxylic acid groups (broad SMARTS) is 1. The smallest absolute Gasteiger partial charge is 0.475 e. The molecule has 4 bridgehead atoms. The number of halogens is 3.